The smallest absolute Gasteiger partial charge is 0.127 e. The molecule has 17 heavy (non-hydrogen) atoms. The van der Waals surface area contributed by atoms with Crippen LogP contribution in [0.15, 0.2) is 24.3 Å². The third-order valence-electron chi connectivity index (χ3n) is 3.78. The lowest BCUT2D eigenvalue weighted by atomic mass is 10.2. The molecule has 1 heterocycles. The zero-order valence-corrected chi connectivity index (χ0v) is 10.8. The Balaban J connectivity index is 1.84. The molecule has 1 saturated heterocycles. The average molecular weight is 238 g/mol. The van der Waals surface area contributed by atoms with Crippen LogP contribution in [0.25, 0.3) is 0 Å². The Labute approximate surface area is 103 Å². The molecule has 2 N–H and O–H groups in total. The average Bonchev–Trinajstić information content (AvgIpc) is 2.33. The molecule has 0 saturated carbocycles. The van der Waals surface area contributed by atoms with E-state index in [-0.39, 0.29) is 5.82 Å². The van der Waals surface area contributed by atoms with E-state index in [0.717, 1.165) is 12.6 Å². The number of benzene rings is 1. The summed E-state index contributed by atoms with van der Waals surface area (Å²) >= 11 is 0. The molecule has 0 bridgehead atoms. The highest BCUT2D eigenvalue weighted by molar-refractivity contribution is 5.14. The fourth-order valence-electron chi connectivity index (χ4n) is 2.57. The van der Waals surface area contributed by atoms with Gasteiger partial charge in [-0.15, -0.1) is 0 Å². The summed E-state index contributed by atoms with van der Waals surface area (Å²) in [6.45, 7) is 10.6. The van der Waals surface area contributed by atoms with Crippen LogP contribution in [0.1, 0.15) is 19.4 Å². The van der Waals surface area contributed by atoms with Crippen molar-refractivity contribution in [3.8, 4) is 0 Å². The van der Waals surface area contributed by atoms with Gasteiger partial charge in [0.15, 0.2) is 0 Å². The van der Waals surface area contributed by atoms with Gasteiger partial charge < -0.3 is 9.80 Å². The molecular formula is C14H23FN2+2. The van der Waals surface area contributed by atoms with Crippen molar-refractivity contribution in [1.82, 2.24) is 0 Å². The van der Waals surface area contributed by atoms with Gasteiger partial charge in [-0.2, -0.15) is 0 Å². The molecule has 3 heteroatoms. The van der Waals surface area contributed by atoms with Crippen LogP contribution >= 0.6 is 0 Å². The quantitative estimate of drug-likeness (QED) is 0.704. The van der Waals surface area contributed by atoms with E-state index in [1.807, 2.05) is 12.1 Å². The van der Waals surface area contributed by atoms with Crippen molar-refractivity contribution >= 4 is 0 Å². The normalized spacial score (nSPS) is 25.2. The maximum Gasteiger partial charge on any atom is 0.127 e. The Morgan fingerprint density at radius 1 is 1.06 bits per heavy atom. The van der Waals surface area contributed by atoms with Gasteiger partial charge in [0, 0.05) is 5.56 Å². The molecule has 1 fully saturated rings. The number of nitrogens with one attached hydrogen (secondary N) is 2. The van der Waals surface area contributed by atoms with Crippen molar-refractivity contribution in [2.45, 2.75) is 26.4 Å². The number of hydrogen-bond acceptors (Lipinski definition) is 0. The molecule has 0 aliphatic carbocycles. The van der Waals surface area contributed by atoms with Gasteiger partial charge in [0.25, 0.3) is 0 Å². The maximum absolute atomic E-state index is 12.8. The van der Waals surface area contributed by atoms with E-state index in [4.69, 9.17) is 0 Å². The van der Waals surface area contributed by atoms with E-state index in [2.05, 4.69) is 13.8 Å². The number of rotatable bonds is 3. The van der Waals surface area contributed by atoms with E-state index >= 15 is 0 Å². The van der Waals surface area contributed by atoms with Crippen molar-refractivity contribution in [1.29, 1.82) is 0 Å². The first-order chi connectivity index (χ1) is 8.15. The molecule has 0 radical (unpaired) electrons. The van der Waals surface area contributed by atoms with Crippen molar-refractivity contribution in [3.05, 3.63) is 35.6 Å². The number of quaternary nitrogens is 2. The monoisotopic (exact) mass is 238 g/mol. The molecule has 0 unspecified atom stereocenters. The van der Waals surface area contributed by atoms with Gasteiger partial charge in [-0.1, -0.05) is 12.1 Å². The summed E-state index contributed by atoms with van der Waals surface area (Å²) in [5.41, 5.74) is 1.24. The Morgan fingerprint density at radius 3 is 2.18 bits per heavy atom. The zero-order valence-electron chi connectivity index (χ0n) is 10.8. The third-order valence-corrected chi connectivity index (χ3v) is 3.78. The van der Waals surface area contributed by atoms with E-state index in [1.165, 1.54) is 31.7 Å². The second-order valence-corrected chi connectivity index (χ2v) is 5.37. The van der Waals surface area contributed by atoms with Crippen molar-refractivity contribution < 1.29 is 14.2 Å². The molecule has 1 aromatic carbocycles. The van der Waals surface area contributed by atoms with Gasteiger partial charge in [-0.05, 0) is 26.0 Å². The van der Waals surface area contributed by atoms with Crippen LogP contribution in [0.2, 0.25) is 0 Å². The molecule has 2 rings (SSSR count). The zero-order chi connectivity index (χ0) is 12.3. The van der Waals surface area contributed by atoms with E-state index in [1.54, 1.807) is 21.9 Å². The van der Waals surface area contributed by atoms with Crippen molar-refractivity contribution in [3.63, 3.8) is 0 Å². The molecular weight excluding hydrogens is 215 g/mol. The molecule has 94 valence electrons. The number of piperazine rings is 1. The SMILES string of the molecule is CC(C)[NH+]1CC[NH+](Cc2ccc(F)cc2)CC1. The topological polar surface area (TPSA) is 8.88 Å². The molecule has 0 atom stereocenters. The van der Waals surface area contributed by atoms with Crippen molar-refractivity contribution in [2.75, 3.05) is 26.2 Å². The fourth-order valence-corrected chi connectivity index (χ4v) is 2.57. The Bertz CT molecular complexity index is 340. The predicted molar refractivity (Wildman–Crippen MR) is 66.6 cm³/mol. The minimum atomic E-state index is -0.141. The van der Waals surface area contributed by atoms with Gasteiger partial charge in [0.1, 0.15) is 38.5 Å². The second kappa shape index (κ2) is 5.61. The lowest BCUT2D eigenvalue weighted by Gasteiger charge is -2.32. The first-order valence-electron chi connectivity index (χ1n) is 6.58. The van der Waals surface area contributed by atoms with E-state index in [9.17, 15) is 4.39 Å². The molecule has 0 amide bonds. The predicted octanol–water partition coefficient (Wildman–Crippen LogP) is -0.482. The highest BCUT2D eigenvalue weighted by Crippen LogP contribution is 2.00. The van der Waals surface area contributed by atoms with Gasteiger partial charge in [-0.25, -0.2) is 4.39 Å². The van der Waals surface area contributed by atoms with Crippen LogP contribution in [0, 0.1) is 5.82 Å². The molecule has 1 aromatic rings. The third kappa shape index (κ3) is 3.51. The summed E-state index contributed by atoms with van der Waals surface area (Å²) in [6, 6.07) is 7.67. The summed E-state index contributed by atoms with van der Waals surface area (Å²) in [7, 11) is 0. The van der Waals surface area contributed by atoms with Crippen LogP contribution in [-0.2, 0) is 6.54 Å². The molecule has 1 aliphatic rings. The van der Waals surface area contributed by atoms with Crippen LogP contribution in [0.3, 0.4) is 0 Å². The molecule has 2 nitrogen and oxygen atoms in total. The number of hydrogen-bond donors (Lipinski definition) is 2. The second-order valence-electron chi connectivity index (χ2n) is 5.37. The van der Waals surface area contributed by atoms with Crippen LogP contribution in [0.4, 0.5) is 4.39 Å². The van der Waals surface area contributed by atoms with E-state index in [0.29, 0.717) is 0 Å². The lowest BCUT2D eigenvalue weighted by molar-refractivity contribution is -1.03. The van der Waals surface area contributed by atoms with Gasteiger partial charge in [0.05, 0.1) is 6.04 Å². The first-order valence-corrected chi connectivity index (χ1v) is 6.58. The maximum atomic E-state index is 12.8. The number of halogens is 1. The lowest BCUT2D eigenvalue weighted by Crippen LogP contribution is -3.28. The van der Waals surface area contributed by atoms with Gasteiger partial charge in [-0.3, -0.25) is 0 Å². The van der Waals surface area contributed by atoms with Crippen LogP contribution in [-0.4, -0.2) is 32.2 Å². The minimum Gasteiger partial charge on any atom is -0.324 e. The summed E-state index contributed by atoms with van der Waals surface area (Å²) in [6.07, 6.45) is 0. The highest BCUT2D eigenvalue weighted by Gasteiger charge is 2.24. The standard InChI is InChI=1S/C14H21FN2/c1-12(2)17-9-7-16(8-10-17)11-13-3-5-14(15)6-4-13/h3-6,12H,7-11H2,1-2H3/p+2. The summed E-state index contributed by atoms with van der Waals surface area (Å²) < 4.78 is 12.8. The van der Waals surface area contributed by atoms with Crippen LogP contribution in [0.5, 0.6) is 0 Å². The summed E-state index contributed by atoms with van der Waals surface area (Å²) in [5.74, 6) is -0.141. The molecule has 0 spiro atoms. The van der Waals surface area contributed by atoms with Crippen molar-refractivity contribution in [2.24, 2.45) is 0 Å². The van der Waals surface area contributed by atoms with Gasteiger partial charge >= 0.3 is 0 Å². The molecule has 0 aromatic heterocycles. The summed E-state index contributed by atoms with van der Waals surface area (Å²) in [4.78, 5) is 3.34. The Morgan fingerprint density at radius 2 is 1.65 bits per heavy atom. The summed E-state index contributed by atoms with van der Waals surface area (Å²) in [5, 5.41) is 0. The largest absolute Gasteiger partial charge is 0.324 e. The minimum absolute atomic E-state index is 0.141. The van der Waals surface area contributed by atoms with Crippen LogP contribution < -0.4 is 9.80 Å². The fraction of sp³-hybridized carbons (Fsp3) is 0.571. The highest BCUT2D eigenvalue weighted by atomic mass is 19.1. The molecule has 1 aliphatic heterocycles. The Kier molecular flexibility index (Phi) is 4.13. The van der Waals surface area contributed by atoms with E-state index < -0.39 is 0 Å². The Hall–Kier alpha value is -0.930. The first kappa shape index (κ1) is 12.5. The van der Waals surface area contributed by atoms with Gasteiger partial charge in [0.2, 0.25) is 0 Å².